The quantitative estimate of drug-likeness (QED) is 0.498. The highest BCUT2D eigenvalue weighted by Gasteiger charge is 2.17. The van der Waals surface area contributed by atoms with Crippen molar-refractivity contribution in [3.05, 3.63) is 0 Å². The molecule has 0 aromatic rings. The third kappa shape index (κ3) is 10.0. The number of carbonyl (C=O) groups excluding carboxylic acids is 1. The lowest BCUT2D eigenvalue weighted by molar-refractivity contribution is -0.149. The molecule has 0 rings (SSSR count). The van der Waals surface area contributed by atoms with E-state index in [1.165, 1.54) is 0 Å². The number of rotatable bonds is 8. The molecule has 0 aliphatic carbocycles. The van der Waals surface area contributed by atoms with Gasteiger partial charge in [-0.2, -0.15) is 0 Å². The maximum absolute atomic E-state index is 11.2. The molecule has 0 aromatic heterocycles. The molecule has 0 radical (unpaired) electrons. The first-order chi connectivity index (χ1) is 8.22. The molecule has 6 heteroatoms. The summed E-state index contributed by atoms with van der Waals surface area (Å²) in [6.45, 7) is 6.79. The van der Waals surface area contributed by atoms with Gasteiger partial charge >= 0.3 is 11.9 Å². The van der Waals surface area contributed by atoms with E-state index >= 15 is 0 Å². The Balaban J connectivity index is 3.50. The second-order valence-electron chi connectivity index (χ2n) is 5.04. The number of esters is 1. The number of unbranched alkanes of at least 4 members (excludes halogenated alkanes) is 1. The fourth-order valence-corrected chi connectivity index (χ4v) is 1.09. The van der Waals surface area contributed by atoms with Crippen molar-refractivity contribution in [1.82, 2.24) is 0 Å². The molecule has 0 aliphatic rings. The molecule has 3 N–H and O–H groups in total. The lowest BCUT2D eigenvalue weighted by Gasteiger charge is -2.19. The van der Waals surface area contributed by atoms with Crippen molar-refractivity contribution in [1.29, 1.82) is 0 Å². The molecular weight excluding hydrogens is 238 g/mol. The summed E-state index contributed by atoms with van der Waals surface area (Å²) in [6, 6.07) is -1.19. The average Bonchev–Trinajstić information content (AvgIpc) is 2.21. The van der Waals surface area contributed by atoms with Crippen molar-refractivity contribution in [2.45, 2.75) is 51.7 Å². The lowest BCUT2D eigenvalue weighted by atomic mass is 10.2. The van der Waals surface area contributed by atoms with E-state index in [1.807, 2.05) is 20.8 Å². The molecule has 0 aliphatic heterocycles. The summed E-state index contributed by atoms with van der Waals surface area (Å²) in [5.41, 5.74) is 5.04. The minimum Gasteiger partial charge on any atom is -0.480 e. The van der Waals surface area contributed by atoms with E-state index in [1.54, 1.807) is 0 Å². The number of carboxylic acid groups (broad SMARTS) is 1. The predicted octanol–water partition coefficient (Wildman–Crippen LogP) is 0.927. The predicted molar refractivity (Wildman–Crippen MR) is 66.1 cm³/mol. The van der Waals surface area contributed by atoms with E-state index in [9.17, 15) is 9.59 Å². The van der Waals surface area contributed by atoms with Crippen LogP contribution in [-0.2, 0) is 19.1 Å². The standard InChI is InChI=1S/C12H23NO5/c1-12(2,3)18-7-5-4-6-17-10(14)8-9(13)11(15)16/h9H,4-8,13H2,1-3H3,(H,15,16)/t9-/m1/s1. The summed E-state index contributed by atoms with van der Waals surface area (Å²) < 4.78 is 10.4. The van der Waals surface area contributed by atoms with Crippen LogP contribution in [0.25, 0.3) is 0 Å². The van der Waals surface area contributed by atoms with Crippen molar-refractivity contribution in [2.75, 3.05) is 13.2 Å². The van der Waals surface area contributed by atoms with Crippen molar-refractivity contribution >= 4 is 11.9 Å². The zero-order valence-corrected chi connectivity index (χ0v) is 11.3. The van der Waals surface area contributed by atoms with Crippen LogP contribution in [0.5, 0.6) is 0 Å². The molecule has 1 atom stereocenters. The Morgan fingerprint density at radius 2 is 1.78 bits per heavy atom. The summed E-state index contributed by atoms with van der Waals surface area (Å²) in [5.74, 6) is -1.79. The third-order valence-electron chi connectivity index (χ3n) is 2.04. The van der Waals surface area contributed by atoms with Crippen LogP contribution in [-0.4, -0.2) is 41.9 Å². The first-order valence-electron chi connectivity index (χ1n) is 6.00. The molecule has 6 nitrogen and oxygen atoms in total. The smallest absolute Gasteiger partial charge is 0.321 e. The Morgan fingerprint density at radius 1 is 1.22 bits per heavy atom. The maximum atomic E-state index is 11.2. The third-order valence-corrected chi connectivity index (χ3v) is 2.04. The molecular formula is C12H23NO5. The number of hydrogen-bond donors (Lipinski definition) is 2. The monoisotopic (exact) mass is 261 g/mol. The van der Waals surface area contributed by atoms with Gasteiger partial charge in [-0.15, -0.1) is 0 Å². The van der Waals surface area contributed by atoms with Gasteiger partial charge in [0.05, 0.1) is 18.6 Å². The fourth-order valence-electron chi connectivity index (χ4n) is 1.09. The number of ether oxygens (including phenoxy) is 2. The van der Waals surface area contributed by atoms with Crippen molar-refractivity contribution in [3.63, 3.8) is 0 Å². The normalized spacial score (nSPS) is 13.1. The summed E-state index contributed by atoms with van der Waals surface area (Å²) in [6.07, 6.45) is 1.17. The van der Waals surface area contributed by atoms with Gasteiger partial charge in [0.2, 0.25) is 0 Å². The van der Waals surface area contributed by atoms with Crippen LogP contribution in [0.2, 0.25) is 0 Å². The van der Waals surface area contributed by atoms with Crippen molar-refractivity contribution in [2.24, 2.45) is 5.73 Å². The van der Waals surface area contributed by atoms with Crippen LogP contribution in [0.15, 0.2) is 0 Å². The highest BCUT2D eigenvalue weighted by molar-refractivity contribution is 5.81. The molecule has 0 bridgehead atoms. The van der Waals surface area contributed by atoms with Crippen LogP contribution >= 0.6 is 0 Å². The molecule has 0 fully saturated rings. The van der Waals surface area contributed by atoms with E-state index in [4.69, 9.17) is 20.3 Å². The van der Waals surface area contributed by atoms with Crippen LogP contribution in [0.4, 0.5) is 0 Å². The van der Waals surface area contributed by atoms with Gasteiger partial charge in [0.15, 0.2) is 0 Å². The van der Waals surface area contributed by atoms with E-state index in [0.717, 1.165) is 6.42 Å². The Kier molecular flexibility index (Phi) is 7.54. The summed E-state index contributed by atoms with van der Waals surface area (Å²) in [5, 5.41) is 8.50. The first kappa shape index (κ1) is 16.9. The van der Waals surface area contributed by atoms with Gasteiger partial charge in [0.1, 0.15) is 6.04 Å². The zero-order chi connectivity index (χ0) is 14.2. The minimum atomic E-state index is -1.20. The average molecular weight is 261 g/mol. The Labute approximate surface area is 107 Å². The molecule has 0 heterocycles. The Morgan fingerprint density at radius 3 is 2.28 bits per heavy atom. The van der Waals surface area contributed by atoms with E-state index in [2.05, 4.69) is 0 Å². The number of nitrogens with two attached hydrogens (primary N) is 1. The summed E-state index contributed by atoms with van der Waals surface area (Å²) in [4.78, 5) is 21.5. The molecule has 0 saturated carbocycles. The van der Waals surface area contributed by atoms with Crippen LogP contribution in [0.1, 0.15) is 40.0 Å². The van der Waals surface area contributed by atoms with E-state index in [0.29, 0.717) is 13.0 Å². The van der Waals surface area contributed by atoms with Gasteiger partial charge in [0.25, 0.3) is 0 Å². The van der Waals surface area contributed by atoms with Crippen LogP contribution < -0.4 is 5.73 Å². The number of carbonyl (C=O) groups is 2. The van der Waals surface area contributed by atoms with Gasteiger partial charge in [-0.1, -0.05) is 0 Å². The first-order valence-corrected chi connectivity index (χ1v) is 6.00. The maximum Gasteiger partial charge on any atom is 0.321 e. The molecule has 0 amide bonds. The van der Waals surface area contributed by atoms with Gasteiger partial charge in [-0.3, -0.25) is 9.59 Å². The summed E-state index contributed by atoms with van der Waals surface area (Å²) >= 11 is 0. The van der Waals surface area contributed by atoms with Crippen LogP contribution in [0.3, 0.4) is 0 Å². The second kappa shape index (κ2) is 8.05. The Bertz CT molecular complexity index is 272. The van der Waals surface area contributed by atoms with Gasteiger partial charge in [-0.05, 0) is 33.6 Å². The number of aliphatic carboxylic acids is 1. The summed E-state index contributed by atoms with van der Waals surface area (Å²) in [7, 11) is 0. The van der Waals surface area contributed by atoms with Crippen molar-refractivity contribution < 1.29 is 24.2 Å². The highest BCUT2D eigenvalue weighted by Crippen LogP contribution is 2.07. The molecule has 18 heavy (non-hydrogen) atoms. The van der Waals surface area contributed by atoms with E-state index < -0.39 is 18.0 Å². The fraction of sp³-hybridized carbons (Fsp3) is 0.833. The number of carboxylic acids is 1. The van der Waals surface area contributed by atoms with E-state index in [-0.39, 0.29) is 18.6 Å². The SMILES string of the molecule is CC(C)(C)OCCCCOC(=O)C[C@@H](N)C(=O)O. The Hall–Kier alpha value is -1.14. The molecule has 0 spiro atoms. The highest BCUT2D eigenvalue weighted by atomic mass is 16.5. The van der Waals surface area contributed by atoms with Crippen LogP contribution in [0, 0.1) is 0 Å². The topological polar surface area (TPSA) is 98.9 Å². The molecule has 0 aromatic carbocycles. The van der Waals surface area contributed by atoms with Crippen molar-refractivity contribution in [3.8, 4) is 0 Å². The largest absolute Gasteiger partial charge is 0.480 e. The van der Waals surface area contributed by atoms with Gasteiger partial charge in [-0.25, -0.2) is 0 Å². The lowest BCUT2D eigenvalue weighted by Crippen LogP contribution is -2.33. The molecule has 106 valence electrons. The van der Waals surface area contributed by atoms with Gasteiger partial charge in [0, 0.05) is 6.61 Å². The molecule has 0 saturated heterocycles. The molecule has 0 unspecified atom stereocenters. The second-order valence-corrected chi connectivity index (χ2v) is 5.04. The number of hydrogen-bond acceptors (Lipinski definition) is 5. The minimum absolute atomic E-state index is 0.162. The zero-order valence-electron chi connectivity index (χ0n) is 11.3. The van der Waals surface area contributed by atoms with Gasteiger partial charge < -0.3 is 20.3 Å².